The molecule has 119 valence electrons. The third-order valence-corrected chi connectivity index (χ3v) is 3.49. The smallest absolute Gasteiger partial charge is 0.0540 e. The molecule has 0 rings (SSSR count). The van der Waals surface area contributed by atoms with Crippen LogP contribution in [0.3, 0.4) is 0 Å². The molecule has 0 aliphatic rings. The molecule has 21 heavy (non-hydrogen) atoms. The maximum absolute atomic E-state index is 9.80. The summed E-state index contributed by atoms with van der Waals surface area (Å²) in [4.78, 5) is 0. The molecule has 0 saturated heterocycles. The first-order valence-corrected chi connectivity index (χ1v) is 8.52. The minimum atomic E-state index is -0.0691. The van der Waals surface area contributed by atoms with Crippen molar-refractivity contribution in [2.24, 2.45) is 0 Å². The van der Waals surface area contributed by atoms with E-state index in [9.17, 15) is 5.11 Å². The number of unbranched alkanes of at least 4 members (excludes halogenated alkanes) is 6. The lowest BCUT2D eigenvalue weighted by Crippen LogP contribution is -2.05. The summed E-state index contributed by atoms with van der Waals surface area (Å²) in [5.74, 6) is 0. The van der Waals surface area contributed by atoms with Crippen LogP contribution in [0.25, 0.3) is 0 Å². The quantitative estimate of drug-likeness (QED) is 0.310. The maximum Gasteiger partial charge on any atom is 0.0540 e. The number of aliphatic hydroxyl groups is 1. The van der Waals surface area contributed by atoms with Crippen molar-refractivity contribution < 1.29 is 5.11 Å². The Morgan fingerprint density at radius 2 is 1.43 bits per heavy atom. The van der Waals surface area contributed by atoms with Crippen molar-refractivity contribution in [1.29, 1.82) is 0 Å². The standard InChI is InChI=1S/C20H33O/c1-3-5-7-8-9-10-11-12-13-14-15-17-19-20(21)18-16-6-4-2/h1,3,5,7-11,20-21H,4,6,12-19H2,2H3/b3-1?,7-5+,9-8+,11-10+. The number of hydrogen-bond acceptors (Lipinski definition) is 1. The Morgan fingerprint density at radius 1 is 0.810 bits per heavy atom. The molecule has 0 spiro atoms. The first kappa shape index (κ1) is 19.9. The molecular weight excluding hydrogens is 256 g/mol. The lowest BCUT2D eigenvalue weighted by Gasteiger charge is -2.09. The van der Waals surface area contributed by atoms with E-state index < -0.39 is 0 Å². The molecular formula is C20H33O. The maximum atomic E-state index is 9.80. The summed E-state index contributed by atoms with van der Waals surface area (Å²) < 4.78 is 0. The van der Waals surface area contributed by atoms with Crippen molar-refractivity contribution >= 4 is 0 Å². The fourth-order valence-corrected chi connectivity index (χ4v) is 2.20. The number of rotatable bonds is 14. The Hall–Kier alpha value is -1.08. The Labute approximate surface area is 132 Å². The van der Waals surface area contributed by atoms with Gasteiger partial charge in [-0.2, -0.15) is 0 Å². The molecule has 0 bridgehead atoms. The molecule has 1 atom stereocenters. The number of allylic oxidation sites excluding steroid dienone is 7. The van der Waals surface area contributed by atoms with E-state index >= 15 is 0 Å². The van der Waals surface area contributed by atoms with Crippen molar-refractivity contribution in [3.05, 3.63) is 49.1 Å². The van der Waals surface area contributed by atoms with Crippen LogP contribution < -0.4 is 0 Å². The zero-order chi connectivity index (χ0) is 15.6. The summed E-state index contributed by atoms with van der Waals surface area (Å²) in [5.41, 5.74) is 0. The summed E-state index contributed by atoms with van der Waals surface area (Å²) in [7, 11) is 0. The Kier molecular flexibility index (Phi) is 16.1. The van der Waals surface area contributed by atoms with E-state index in [0.717, 1.165) is 25.7 Å². The number of hydrogen-bond donors (Lipinski definition) is 1. The van der Waals surface area contributed by atoms with Crippen LogP contribution in [0.4, 0.5) is 0 Å². The molecule has 0 heterocycles. The molecule has 0 fully saturated rings. The highest BCUT2D eigenvalue weighted by Gasteiger charge is 2.02. The van der Waals surface area contributed by atoms with Gasteiger partial charge in [0.05, 0.1) is 6.10 Å². The third kappa shape index (κ3) is 16.9. The van der Waals surface area contributed by atoms with E-state index in [2.05, 4.69) is 19.1 Å². The van der Waals surface area contributed by atoms with Gasteiger partial charge in [0.1, 0.15) is 0 Å². The summed E-state index contributed by atoms with van der Waals surface area (Å²) in [6.07, 6.45) is 25.1. The SMILES string of the molecule is [CH]=C/C=C/C=C/C=C/CCCCCCC(O)CCCCC. The van der Waals surface area contributed by atoms with Crippen molar-refractivity contribution in [3.63, 3.8) is 0 Å². The highest BCUT2D eigenvalue weighted by Crippen LogP contribution is 2.12. The van der Waals surface area contributed by atoms with Crippen molar-refractivity contribution in [2.75, 3.05) is 0 Å². The van der Waals surface area contributed by atoms with E-state index in [1.165, 1.54) is 44.6 Å². The van der Waals surface area contributed by atoms with Crippen LogP contribution in [0.5, 0.6) is 0 Å². The van der Waals surface area contributed by atoms with Crippen LogP contribution in [0.2, 0.25) is 0 Å². The minimum absolute atomic E-state index is 0.0691. The predicted octanol–water partition coefficient (Wildman–Crippen LogP) is 5.93. The van der Waals surface area contributed by atoms with Gasteiger partial charge in [-0.15, -0.1) is 0 Å². The van der Waals surface area contributed by atoms with Crippen molar-refractivity contribution in [1.82, 2.24) is 0 Å². The van der Waals surface area contributed by atoms with Crippen LogP contribution >= 0.6 is 0 Å². The van der Waals surface area contributed by atoms with E-state index in [1.807, 2.05) is 18.2 Å². The second-order valence-corrected chi connectivity index (χ2v) is 5.53. The van der Waals surface area contributed by atoms with Gasteiger partial charge in [-0.1, -0.05) is 94.6 Å². The van der Waals surface area contributed by atoms with Crippen LogP contribution in [-0.4, -0.2) is 11.2 Å². The molecule has 1 heteroatoms. The van der Waals surface area contributed by atoms with E-state index in [4.69, 9.17) is 6.58 Å². The van der Waals surface area contributed by atoms with E-state index in [1.54, 1.807) is 6.08 Å². The monoisotopic (exact) mass is 289 g/mol. The van der Waals surface area contributed by atoms with Gasteiger partial charge in [-0.3, -0.25) is 0 Å². The fraction of sp³-hybridized carbons (Fsp3) is 0.600. The van der Waals surface area contributed by atoms with Gasteiger partial charge in [0, 0.05) is 0 Å². The summed E-state index contributed by atoms with van der Waals surface area (Å²) >= 11 is 0. The molecule has 1 radical (unpaired) electrons. The second kappa shape index (κ2) is 17.0. The zero-order valence-electron chi connectivity index (χ0n) is 13.7. The van der Waals surface area contributed by atoms with Crippen LogP contribution in [-0.2, 0) is 0 Å². The molecule has 0 aromatic rings. The fourth-order valence-electron chi connectivity index (χ4n) is 2.20. The molecule has 0 aromatic heterocycles. The molecule has 0 saturated carbocycles. The van der Waals surface area contributed by atoms with Crippen molar-refractivity contribution in [3.8, 4) is 0 Å². The third-order valence-electron chi connectivity index (χ3n) is 3.49. The molecule has 0 aliphatic carbocycles. The summed E-state index contributed by atoms with van der Waals surface area (Å²) in [6, 6.07) is 0. The summed E-state index contributed by atoms with van der Waals surface area (Å²) in [5, 5.41) is 9.80. The Bertz CT molecular complexity index is 299. The average molecular weight is 289 g/mol. The predicted molar refractivity (Wildman–Crippen MR) is 94.1 cm³/mol. The molecule has 0 aromatic carbocycles. The average Bonchev–Trinajstić information content (AvgIpc) is 2.48. The normalized spacial score (nSPS) is 13.6. The van der Waals surface area contributed by atoms with E-state index in [0.29, 0.717) is 0 Å². The first-order chi connectivity index (χ1) is 10.3. The van der Waals surface area contributed by atoms with Gasteiger partial charge >= 0.3 is 0 Å². The molecule has 0 aliphatic heterocycles. The van der Waals surface area contributed by atoms with Crippen molar-refractivity contribution in [2.45, 2.75) is 77.2 Å². The summed E-state index contributed by atoms with van der Waals surface area (Å²) in [6.45, 7) is 7.42. The molecule has 1 N–H and O–H groups in total. The zero-order valence-corrected chi connectivity index (χ0v) is 13.7. The molecule has 1 unspecified atom stereocenters. The van der Waals surface area contributed by atoms with Gasteiger partial charge in [-0.25, -0.2) is 0 Å². The Balaban J connectivity index is 3.32. The van der Waals surface area contributed by atoms with Gasteiger partial charge < -0.3 is 5.11 Å². The van der Waals surface area contributed by atoms with Crippen LogP contribution in [0.1, 0.15) is 71.1 Å². The van der Waals surface area contributed by atoms with Crippen LogP contribution in [0, 0.1) is 6.58 Å². The number of aliphatic hydroxyl groups excluding tert-OH is 1. The highest BCUT2D eigenvalue weighted by atomic mass is 16.3. The minimum Gasteiger partial charge on any atom is -0.393 e. The van der Waals surface area contributed by atoms with Gasteiger partial charge in [-0.05, 0) is 25.7 Å². The van der Waals surface area contributed by atoms with Gasteiger partial charge in [0.2, 0.25) is 0 Å². The molecule has 0 amide bonds. The first-order valence-electron chi connectivity index (χ1n) is 8.52. The highest BCUT2D eigenvalue weighted by molar-refractivity contribution is 5.13. The topological polar surface area (TPSA) is 20.2 Å². The Morgan fingerprint density at radius 3 is 2.14 bits per heavy atom. The lowest BCUT2D eigenvalue weighted by atomic mass is 10.0. The van der Waals surface area contributed by atoms with Gasteiger partial charge in [0.25, 0.3) is 0 Å². The largest absolute Gasteiger partial charge is 0.393 e. The van der Waals surface area contributed by atoms with Crippen LogP contribution in [0.15, 0.2) is 42.5 Å². The molecule has 1 nitrogen and oxygen atoms in total. The van der Waals surface area contributed by atoms with E-state index in [-0.39, 0.29) is 6.10 Å². The van der Waals surface area contributed by atoms with Gasteiger partial charge in [0.15, 0.2) is 0 Å². The second-order valence-electron chi connectivity index (χ2n) is 5.53. The lowest BCUT2D eigenvalue weighted by molar-refractivity contribution is 0.147.